The van der Waals surface area contributed by atoms with E-state index in [1.165, 1.54) is 17.0 Å². The lowest BCUT2D eigenvalue weighted by atomic mass is 9.87. The summed E-state index contributed by atoms with van der Waals surface area (Å²) in [6, 6.07) is 6.60. The van der Waals surface area contributed by atoms with E-state index in [1.54, 1.807) is 12.1 Å². The van der Waals surface area contributed by atoms with Gasteiger partial charge in [0.1, 0.15) is 0 Å². The van der Waals surface area contributed by atoms with Gasteiger partial charge in [0.2, 0.25) is 15.9 Å². The van der Waals surface area contributed by atoms with Crippen molar-refractivity contribution in [3.05, 3.63) is 29.8 Å². The predicted octanol–water partition coefficient (Wildman–Crippen LogP) is 2.22. The molecule has 2 fully saturated rings. The highest BCUT2D eigenvalue weighted by Gasteiger charge is 2.43. The number of sulfone groups is 1. The summed E-state index contributed by atoms with van der Waals surface area (Å²) in [6.07, 6.45) is 4.39. The van der Waals surface area contributed by atoms with Gasteiger partial charge in [-0.2, -0.15) is 0 Å². The molecule has 1 saturated heterocycles. The molecule has 1 N–H and O–H groups in total. The zero-order chi connectivity index (χ0) is 22.2. The van der Waals surface area contributed by atoms with Gasteiger partial charge in [0.15, 0.2) is 9.84 Å². The van der Waals surface area contributed by atoms with Crippen LogP contribution in [0.5, 0.6) is 0 Å². The molecule has 1 saturated carbocycles. The number of likely N-dealkylation sites (tertiary alicyclic amines) is 1. The Morgan fingerprint density at radius 2 is 1.53 bits per heavy atom. The lowest BCUT2D eigenvalue weighted by Gasteiger charge is -2.40. The fourth-order valence-electron chi connectivity index (χ4n) is 4.00. The number of rotatable bonds is 6. The molecule has 9 heteroatoms. The largest absolute Gasteiger partial charge is 0.339 e. The number of hydrogen-bond donors (Lipinski definition) is 1. The Morgan fingerprint density at radius 3 is 2.07 bits per heavy atom. The lowest BCUT2D eigenvalue weighted by Crippen LogP contribution is -2.60. The zero-order valence-electron chi connectivity index (χ0n) is 17.9. The standard InChI is InChI=1S/C21H32N2O5S2/c1-21(2,3)16-9-11-18(12-10-16)30(27,28)22-13-20(24)23-14-19(15-23)29(25,26)17-7-5-4-6-8-17/h9-12,17,19,22H,4-8,13-15H2,1-3H3. The molecule has 168 valence electrons. The molecule has 1 aliphatic carbocycles. The molecular formula is C21H32N2O5S2. The molecule has 2 aliphatic rings. The van der Waals surface area contributed by atoms with Gasteiger partial charge >= 0.3 is 0 Å². The summed E-state index contributed by atoms with van der Waals surface area (Å²) in [5, 5.41) is -0.811. The van der Waals surface area contributed by atoms with E-state index >= 15 is 0 Å². The number of benzene rings is 1. The Labute approximate surface area is 180 Å². The quantitative estimate of drug-likeness (QED) is 0.707. The molecule has 0 bridgehead atoms. The molecule has 1 amide bonds. The van der Waals surface area contributed by atoms with E-state index in [9.17, 15) is 21.6 Å². The van der Waals surface area contributed by atoms with Gasteiger partial charge in [-0.25, -0.2) is 21.6 Å². The van der Waals surface area contributed by atoms with Crippen molar-refractivity contribution >= 4 is 25.8 Å². The lowest BCUT2D eigenvalue weighted by molar-refractivity contribution is -0.133. The van der Waals surface area contributed by atoms with Crippen LogP contribution < -0.4 is 4.72 Å². The van der Waals surface area contributed by atoms with Crippen molar-refractivity contribution in [2.45, 2.75) is 73.7 Å². The summed E-state index contributed by atoms with van der Waals surface area (Å²) in [4.78, 5) is 13.9. The van der Waals surface area contributed by atoms with Gasteiger partial charge in [-0.15, -0.1) is 0 Å². The van der Waals surface area contributed by atoms with Crippen LogP contribution >= 0.6 is 0 Å². The summed E-state index contributed by atoms with van der Waals surface area (Å²) in [5.74, 6) is -0.403. The maximum absolute atomic E-state index is 12.7. The molecular weight excluding hydrogens is 424 g/mol. The molecule has 0 spiro atoms. The molecule has 30 heavy (non-hydrogen) atoms. The molecule has 0 radical (unpaired) electrons. The number of carbonyl (C=O) groups is 1. The first kappa shape index (κ1) is 23.2. The summed E-state index contributed by atoms with van der Waals surface area (Å²) >= 11 is 0. The molecule has 7 nitrogen and oxygen atoms in total. The van der Waals surface area contributed by atoms with Gasteiger partial charge in [0.05, 0.1) is 21.9 Å². The summed E-state index contributed by atoms with van der Waals surface area (Å²) in [6.45, 7) is 6.06. The molecule has 1 aromatic rings. The Hall–Kier alpha value is -1.45. The van der Waals surface area contributed by atoms with Crippen molar-refractivity contribution in [3.8, 4) is 0 Å². The second kappa shape index (κ2) is 8.59. The highest BCUT2D eigenvalue weighted by Crippen LogP contribution is 2.30. The van der Waals surface area contributed by atoms with Crippen molar-refractivity contribution in [1.29, 1.82) is 0 Å². The van der Waals surface area contributed by atoms with Crippen molar-refractivity contribution in [3.63, 3.8) is 0 Å². The van der Waals surface area contributed by atoms with Crippen LogP contribution in [0.2, 0.25) is 0 Å². The van der Waals surface area contributed by atoms with Crippen LogP contribution in [0, 0.1) is 0 Å². The highest BCUT2D eigenvalue weighted by atomic mass is 32.2. The van der Waals surface area contributed by atoms with E-state index in [0.717, 1.165) is 24.8 Å². The van der Waals surface area contributed by atoms with Crippen LogP contribution in [0.4, 0.5) is 0 Å². The fraction of sp³-hybridized carbons (Fsp3) is 0.667. The van der Waals surface area contributed by atoms with Crippen molar-refractivity contribution in [2.75, 3.05) is 19.6 Å². The van der Waals surface area contributed by atoms with Crippen LogP contribution in [0.25, 0.3) is 0 Å². The Balaban J connectivity index is 1.52. The van der Waals surface area contributed by atoms with Crippen molar-refractivity contribution in [1.82, 2.24) is 9.62 Å². The van der Waals surface area contributed by atoms with E-state index < -0.39 is 31.0 Å². The van der Waals surface area contributed by atoms with Gasteiger partial charge in [-0.1, -0.05) is 52.2 Å². The van der Waals surface area contributed by atoms with Crippen LogP contribution in [0.3, 0.4) is 0 Å². The fourth-order valence-corrected chi connectivity index (χ4v) is 7.29. The number of sulfonamides is 1. The molecule has 0 atom stereocenters. The Bertz CT molecular complexity index is 967. The summed E-state index contributed by atoms with van der Waals surface area (Å²) < 4.78 is 52.7. The van der Waals surface area contributed by atoms with Gasteiger partial charge in [0, 0.05) is 13.1 Å². The molecule has 3 rings (SSSR count). The molecule has 1 aliphatic heterocycles. The number of carbonyl (C=O) groups excluding carboxylic acids is 1. The second-order valence-corrected chi connectivity index (χ2v) is 13.6. The normalized spacial score (nSPS) is 19.5. The van der Waals surface area contributed by atoms with Crippen molar-refractivity contribution in [2.24, 2.45) is 0 Å². The van der Waals surface area contributed by atoms with E-state index in [2.05, 4.69) is 4.72 Å². The predicted molar refractivity (Wildman–Crippen MR) is 116 cm³/mol. The van der Waals surface area contributed by atoms with Gasteiger partial charge in [-0.05, 0) is 36.0 Å². The summed E-state index contributed by atoms with van der Waals surface area (Å²) in [7, 11) is -7.04. The van der Waals surface area contributed by atoms with E-state index in [1.807, 2.05) is 20.8 Å². The minimum Gasteiger partial charge on any atom is -0.339 e. The third-order valence-electron chi connectivity index (χ3n) is 6.13. The maximum Gasteiger partial charge on any atom is 0.241 e. The van der Waals surface area contributed by atoms with Crippen LogP contribution in [0.1, 0.15) is 58.4 Å². The first-order valence-corrected chi connectivity index (χ1v) is 13.6. The number of hydrogen-bond acceptors (Lipinski definition) is 5. The third-order valence-corrected chi connectivity index (χ3v) is 10.2. The monoisotopic (exact) mass is 456 g/mol. The molecule has 0 unspecified atom stereocenters. The second-order valence-electron chi connectivity index (χ2n) is 9.37. The number of nitrogens with one attached hydrogen (secondary N) is 1. The summed E-state index contributed by atoms with van der Waals surface area (Å²) in [5.41, 5.74) is 0.931. The van der Waals surface area contributed by atoms with Crippen molar-refractivity contribution < 1.29 is 21.6 Å². The number of amides is 1. The zero-order valence-corrected chi connectivity index (χ0v) is 19.6. The topological polar surface area (TPSA) is 101 Å². The van der Waals surface area contributed by atoms with Crippen LogP contribution in [0.15, 0.2) is 29.2 Å². The average Bonchev–Trinajstić information content (AvgIpc) is 2.65. The molecule has 1 aromatic carbocycles. The number of nitrogens with zero attached hydrogens (tertiary/aromatic N) is 1. The van der Waals surface area contributed by atoms with E-state index in [-0.39, 0.29) is 35.2 Å². The van der Waals surface area contributed by atoms with Crippen LogP contribution in [-0.4, -0.2) is 57.8 Å². The highest BCUT2D eigenvalue weighted by molar-refractivity contribution is 7.92. The van der Waals surface area contributed by atoms with E-state index in [0.29, 0.717) is 12.8 Å². The van der Waals surface area contributed by atoms with E-state index in [4.69, 9.17) is 0 Å². The Morgan fingerprint density at radius 1 is 0.967 bits per heavy atom. The smallest absolute Gasteiger partial charge is 0.241 e. The van der Waals surface area contributed by atoms with Gasteiger partial charge < -0.3 is 4.90 Å². The molecule has 0 aromatic heterocycles. The maximum atomic E-state index is 12.7. The van der Waals surface area contributed by atoms with Gasteiger partial charge in [-0.3, -0.25) is 4.79 Å². The SMILES string of the molecule is CC(C)(C)c1ccc(S(=O)(=O)NCC(=O)N2CC(S(=O)(=O)C3CCCCC3)C2)cc1. The third kappa shape index (κ3) is 5.06. The average molecular weight is 457 g/mol. The van der Waals surface area contributed by atoms with Gasteiger partial charge in [0.25, 0.3) is 0 Å². The minimum atomic E-state index is -3.81. The first-order valence-electron chi connectivity index (χ1n) is 10.5. The minimum absolute atomic E-state index is 0.0856. The molecule has 1 heterocycles. The van der Waals surface area contributed by atoms with Crippen LogP contribution in [-0.2, 0) is 30.1 Å². The first-order chi connectivity index (χ1) is 13.9. The Kier molecular flexibility index (Phi) is 6.65.